The van der Waals surface area contributed by atoms with Crippen molar-refractivity contribution >= 4 is 11.8 Å². The van der Waals surface area contributed by atoms with Crippen LogP contribution in [0.15, 0.2) is 54.4 Å². The van der Waals surface area contributed by atoms with Gasteiger partial charge in [-0.3, -0.25) is 4.79 Å². The molecule has 0 unspecified atom stereocenters. The molecule has 1 aromatic rings. The Labute approximate surface area is 116 Å². The van der Waals surface area contributed by atoms with Gasteiger partial charge in [0.1, 0.15) is 5.83 Å². The summed E-state index contributed by atoms with van der Waals surface area (Å²) in [6.45, 7) is 6.73. The van der Waals surface area contributed by atoms with Gasteiger partial charge in [-0.05, 0) is 37.6 Å². The number of carbonyl (C=O) groups excluding carboxylic acids is 1. The van der Waals surface area contributed by atoms with Gasteiger partial charge in [-0.25, -0.2) is 9.18 Å². The van der Waals surface area contributed by atoms with E-state index in [0.29, 0.717) is 5.56 Å². The molecule has 4 heteroatoms. The van der Waals surface area contributed by atoms with Crippen LogP contribution in [0.2, 0.25) is 0 Å². The van der Waals surface area contributed by atoms with Crippen LogP contribution in [0, 0.1) is 6.92 Å². The van der Waals surface area contributed by atoms with Gasteiger partial charge in [-0.15, -0.1) is 0 Å². The monoisotopic (exact) mass is 274 g/mol. The van der Waals surface area contributed by atoms with Gasteiger partial charge < -0.3 is 5.11 Å². The molecule has 0 atom stereocenters. The molecule has 0 bridgehead atoms. The fraction of sp³-hybridized carbons (Fsp3) is 0.125. The van der Waals surface area contributed by atoms with Crippen molar-refractivity contribution in [3.05, 3.63) is 71.1 Å². The first-order valence-corrected chi connectivity index (χ1v) is 5.95. The van der Waals surface area contributed by atoms with Crippen molar-refractivity contribution in [2.75, 3.05) is 0 Å². The number of halogens is 1. The maximum absolute atomic E-state index is 13.6. The molecule has 1 N–H and O–H groups in total. The van der Waals surface area contributed by atoms with Crippen molar-refractivity contribution in [1.29, 1.82) is 0 Å². The van der Waals surface area contributed by atoms with Crippen LogP contribution in [0.4, 0.5) is 4.39 Å². The van der Waals surface area contributed by atoms with Gasteiger partial charge in [0.05, 0.1) is 11.1 Å². The molecule has 0 amide bonds. The van der Waals surface area contributed by atoms with Gasteiger partial charge in [0.2, 0.25) is 0 Å². The van der Waals surface area contributed by atoms with Crippen molar-refractivity contribution < 1.29 is 19.1 Å². The van der Waals surface area contributed by atoms with Gasteiger partial charge in [0.25, 0.3) is 0 Å². The molecule has 0 fully saturated rings. The van der Waals surface area contributed by atoms with Gasteiger partial charge in [-0.2, -0.15) is 0 Å². The first-order valence-electron chi connectivity index (χ1n) is 5.95. The summed E-state index contributed by atoms with van der Waals surface area (Å²) in [6.07, 6.45) is 4.24. The zero-order valence-corrected chi connectivity index (χ0v) is 11.3. The number of allylic oxidation sites excluding steroid dienone is 5. The molecule has 1 rings (SSSR count). The number of Topliss-reactive ketones (excluding diaryl/α,β-unsaturated/α-hetero) is 1. The maximum atomic E-state index is 13.6. The predicted molar refractivity (Wildman–Crippen MR) is 75.6 cm³/mol. The molecule has 20 heavy (non-hydrogen) atoms. The highest BCUT2D eigenvalue weighted by atomic mass is 19.1. The third-order valence-electron chi connectivity index (χ3n) is 2.72. The summed E-state index contributed by atoms with van der Waals surface area (Å²) in [5.74, 6) is -2.35. The van der Waals surface area contributed by atoms with E-state index >= 15 is 0 Å². The molecule has 0 aliphatic heterocycles. The lowest BCUT2D eigenvalue weighted by Gasteiger charge is -2.06. The number of ketones is 1. The van der Waals surface area contributed by atoms with E-state index in [1.54, 1.807) is 19.9 Å². The number of carboxylic acid groups (broad SMARTS) is 1. The summed E-state index contributed by atoms with van der Waals surface area (Å²) in [7, 11) is 0. The number of hydrogen-bond donors (Lipinski definition) is 1. The number of aromatic carboxylic acids is 1. The molecular weight excluding hydrogens is 259 g/mol. The Morgan fingerprint density at radius 1 is 1.35 bits per heavy atom. The zero-order valence-electron chi connectivity index (χ0n) is 11.3. The standard InChI is InChI=1S/C16H15FO3/c1-4-5-6-14(17)11(3)15(18)12-7-8-13(16(19)20)10(2)9-12/h4-9H,3H2,1-2H3,(H,19,20)/b5-4-,14-6+. The van der Waals surface area contributed by atoms with Gasteiger partial charge in [0.15, 0.2) is 5.78 Å². The number of hydrogen-bond acceptors (Lipinski definition) is 2. The van der Waals surface area contributed by atoms with E-state index in [1.807, 2.05) is 0 Å². The Kier molecular flexibility index (Phi) is 5.15. The lowest BCUT2D eigenvalue weighted by Crippen LogP contribution is -2.06. The van der Waals surface area contributed by atoms with Crippen molar-refractivity contribution in [2.45, 2.75) is 13.8 Å². The SMILES string of the molecule is C=C(C(=O)c1ccc(C(=O)O)c(C)c1)/C(F)=C\C=C/C. The minimum absolute atomic E-state index is 0.108. The van der Waals surface area contributed by atoms with Gasteiger partial charge in [0, 0.05) is 5.56 Å². The molecule has 3 nitrogen and oxygen atoms in total. The van der Waals surface area contributed by atoms with Crippen LogP contribution in [-0.2, 0) is 0 Å². The Hall–Kier alpha value is -2.49. The van der Waals surface area contributed by atoms with Crippen LogP contribution < -0.4 is 0 Å². The van der Waals surface area contributed by atoms with E-state index in [4.69, 9.17) is 5.11 Å². The summed E-state index contributed by atoms with van der Waals surface area (Å²) in [6, 6.07) is 4.10. The second-order valence-electron chi connectivity index (χ2n) is 4.18. The number of carboxylic acids is 1. The van der Waals surface area contributed by atoms with Crippen LogP contribution in [0.3, 0.4) is 0 Å². The van der Waals surface area contributed by atoms with E-state index in [9.17, 15) is 14.0 Å². The molecular formula is C16H15FO3. The summed E-state index contributed by atoms with van der Waals surface area (Å²) in [4.78, 5) is 22.9. The number of rotatable bonds is 5. The highest BCUT2D eigenvalue weighted by Crippen LogP contribution is 2.19. The third kappa shape index (κ3) is 3.51. The lowest BCUT2D eigenvalue weighted by molar-refractivity contribution is 0.0695. The van der Waals surface area contributed by atoms with Gasteiger partial charge in [-0.1, -0.05) is 24.8 Å². The molecule has 0 spiro atoms. The van der Waals surface area contributed by atoms with E-state index < -0.39 is 17.6 Å². The molecule has 0 aliphatic carbocycles. The highest BCUT2D eigenvalue weighted by molar-refractivity contribution is 6.11. The normalized spacial score (nSPS) is 11.7. The fourth-order valence-electron chi connectivity index (χ4n) is 1.61. The summed E-state index contributed by atoms with van der Waals surface area (Å²) in [5, 5.41) is 8.91. The Morgan fingerprint density at radius 3 is 2.50 bits per heavy atom. The van der Waals surface area contributed by atoms with Crippen molar-refractivity contribution in [3.63, 3.8) is 0 Å². The van der Waals surface area contributed by atoms with E-state index in [2.05, 4.69) is 6.58 Å². The molecule has 104 valence electrons. The summed E-state index contributed by atoms with van der Waals surface area (Å²) < 4.78 is 13.6. The first kappa shape index (κ1) is 15.6. The minimum Gasteiger partial charge on any atom is -0.478 e. The van der Waals surface area contributed by atoms with E-state index in [1.165, 1.54) is 24.3 Å². The van der Waals surface area contributed by atoms with Crippen LogP contribution in [0.1, 0.15) is 33.2 Å². The zero-order chi connectivity index (χ0) is 15.3. The lowest BCUT2D eigenvalue weighted by atomic mass is 9.99. The maximum Gasteiger partial charge on any atom is 0.335 e. The molecule has 0 heterocycles. The Bertz CT molecular complexity index is 625. The average Bonchev–Trinajstić information content (AvgIpc) is 2.42. The summed E-state index contributed by atoms with van der Waals surface area (Å²) in [5.41, 5.74) is 0.498. The number of benzene rings is 1. The molecule has 0 saturated carbocycles. The number of carbonyl (C=O) groups is 2. The van der Waals surface area contributed by atoms with Crippen LogP contribution in [-0.4, -0.2) is 16.9 Å². The minimum atomic E-state index is -1.07. The van der Waals surface area contributed by atoms with Gasteiger partial charge >= 0.3 is 5.97 Å². The second-order valence-corrected chi connectivity index (χ2v) is 4.18. The second kappa shape index (κ2) is 6.61. The van der Waals surface area contributed by atoms with Crippen molar-refractivity contribution in [3.8, 4) is 0 Å². The van der Waals surface area contributed by atoms with Crippen molar-refractivity contribution in [1.82, 2.24) is 0 Å². The Balaban J connectivity index is 3.07. The topological polar surface area (TPSA) is 54.4 Å². The highest BCUT2D eigenvalue weighted by Gasteiger charge is 2.16. The average molecular weight is 274 g/mol. The Morgan fingerprint density at radius 2 is 2.00 bits per heavy atom. The fourth-order valence-corrected chi connectivity index (χ4v) is 1.61. The van der Waals surface area contributed by atoms with Crippen LogP contribution in [0.5, 0.6) is 0 Å². The quantitative estimate of drug-likeness (QED) is 0.504. The molecule has 1 aromatic carbocycles. The number of aryl methyl sites for hydroxylation is 1. The molecule has 0 saturated heterocycles. The molecule has 0 aliphatic rings. The smallest absolute Gasteiger partial charge is 0.335 e. The predicted octanol–water partition coefficient (Wildman–Crippen LogP) is 3.86. The molecule has 0 aromatic heterocycles. The largest absolute Gasteiger partial charge is 0.478 e. The van der Waals surface area contributed by atoms with Crippen molar-refractivity contribution in [2.24, 2.45) is 0 Å². The third-order valence-corrected chi connectivity index (χ3v) is 2.72. The first-order chi connectivity index (χ1) is 9.38. The summed E-state index contributed by atoms with van der Waals surface area (Å²) >= 11 is 0. The van der Waals surface area contributed by atoms with E-state index in [-0.39, 0.29) is 16.7 Å². The van der Waals surface area contributed by atoms with Crippen LogP contribution in [0.25, 0.3) is 0 Å². The van der Waals surface area contributed by atoms with Crippen LogP contribution >= 0.6 is 0 Å². The molecule has 0 radical (unpaired) electrons. The van der Waals surface area contributed by atoms with E-state index in [0.717, 1.165) is 6.08 Å².